The van der Waals surface area contributed by atoms with Crippen LogP contribution >= 0.6 is 0 Å². The first-order chi connectivity index (χ1) is 13.2. The molecular weight excluding hydrogens is 340 g/mol. The maximum absolute atomic E-state index is 12.3. The van der Waals surface area contributed by atoms with Gasteiger partial charge in [0, 0.05) is 30.6 Å². The zero-order chi connectivity index (χ0) is 18.8. The number of phenols is 1. The molecule has 1 amide bonds. The normalized spacial score (nSPS) is 13.9. The van der Waals surface area contributed by atoms with Crippen LogP contribution in [0, 0.1) is 0 Å². The predicted octanol–water partition coefficient (Wildman–Crippen LogP) is 3.35. The lowest BCUT2D eigenvalue weighted by molar-refractivity contribution is 0.0956. The Bertz CT molecular complexity index is 997. The largest absolute Gasteiger partial charge is 0.507 e. The number of carbonyl (C=O) groups is 1. The van der Waals surface area contributed by atoms with Gasteiger partial charge in [0.15, 0.2) is 5.82 Å². The molecule has 6 heteroatoms. The van der Waals surface area contributed by atoms with Crippen LogP contribution in [0.25, 0.3) is 22.3 Å². The standard InChI is InChI=1S/C21H22N4O2/c1-2-22-21(27)14-9-10-17-16(13-14)20(25-11-5-6-12-25)24-19(23-17)15-7-3-4-8-18(15)26/h3-4,7-10,13,26H,2,5-6,11-12H2,1H3,(H,22,27). The number of nitrogens with one attached hydrogen (secondary N) is 1. The minimum Gasteiger partial charge on any atom is -0.507 e. The minimum absolute atomic E-state index is 0.100. The Hall–Kier alpha value is -3.15. The number of phenolic OH excluding ortho intramolecular Hbond substituents is 1. The van der Waals surface area contributed by atoms with Gasteiger partial charge in [0.1, 0.15) is 11.6 Å². The lowest BCUT2D eigenvalue weighted by Crippen LogP contribution is -2.23. The number of hydrogen-bond acceptors (Lipinski definition) is 5. The maximum atomic E-state index is 12.3. The molecule has 0 atom stereocenters. The Morgan fingerprint density at radius 1 is 1.15 bits per heavy atom. The van der Waals surface area contributed by atoms with E-state index in [1.165, 1.54) is 0 Å². The van der Waals surface area contributed by atoms with Crippen molar-refractivity contribution in [1.29, 1.82) is 0 Å². The molecule has 6 nitrogen and oxygen atoms in total. The Labute approximate surface area is 157 Å². The molecule has 2 heterocycles. The van der Waals surface area contributed by atoms with E-state index in [1.807, 2.05) is 31.2 Å². The smallest absolute Gasteiger partial charge is 0.251 e. The van der Waals surface area contributed by atoms with Crippen LogP contribution in [-0.2, 0) is 0 Å². The number of benzene rings is 2. The highest BCUT2D eigenvalue weighted by Crippen LogP contribution is 2.33. The number of carbonyl (C=O) groups excluding carboxylic acids is 1. The second kappa shape index (κ2) is 7.23. The molecule has 0 bridgehead atoms. The van der Waals surface area contributed by atoms with Gasteiger partial charge in [0.05, 0.1) is 11.1 Å². The van der Waals surface area contributed by atoms with Crippen LogP contribution in [0.3, 0.4) is 0 Å². The second-order valence-corrected chi connectivity index (χ2v) is 6.67. The lowest BCUT2D eigenvalue weighted by Gasteiger charge is -2.20. The third kappa shape index (κ3) is 3.30. The monoisotopic (exact) mass is 362 g/mol. The topological polar surface area (TPSA) is 78.3 Å². The number of nitrogens with zero attached hydrogens (tertiary/aromatic N) is 3. The van der Waals surface area contributed by atoms with E-state index in [1.54, 1.807) is 18.2 Å². The highest BCUT2D eigenvalue weighted by atomic mass is 16.3. The van der Waals surface area contributed by atoms with Crippen LogP contribution in [0.1, 0.15) is 30.1 Å². The van der Waals surface area contributed by atoms with Gasteiger partial charge in [-0.05, 0) is 50.1 Å². The number of amides is 1. The summed E-state index contributed by atoms with van der Waals surface area (Å²) in [6.07, 6.45) is 2.24. The first kappa shape index (κ1) is 17.3. The van der Waals surface area contributed by atoms with Crippen molar-refractivity contribution in [2.75, 3.05) is 24.5 Å². The Morgan fingerprint density at radius 2 is 1.93 bits per heavy atom. The summed E-state index contributed by atoms with van der Waals surface area (Å²) in [7, 11) is 0. The van der Waals surface area contributed by atoms with Gasteiger partial charge < -0.3 is 15.3 Å². The summed E-state index contributed by atoms with van der Waals surface area (Å²) in [5, 5.41) is 13.9. The minimum atomic E-state index is -0.100. The van der Waals surface area contributed by atoms with Crippen molar-refractivity contribution in [3.8, 4) is 17.1 Å². The fraction of sp³-hybridized carbons (Fsp3) is 0.286. The number of fused-ring (bicyclic) bond motifs is 1. The SMILES string of the molecule is CCNC(=O)c1ccc2nc(-c3ccccc3O)nc(N3CCCC3)c2c1. The molecule has 1 aliphatic heterocycles. The Balaban J connectivity index is 1.90. The summed E-state index contributed by atoms with van der Waals surface area (Å²) in [6.45, 7) is 4.34. The van der Waals surface area contributed by atoms with Crippen LogP contribution in [-0.4, -0.2) is 40.6 Å². The van der Waals surface area contributed by atoms with E-state index in [9.17, 15) is 9.90 Å². The van der Waals surface area contributed by atoms with Crippen LogP contribution < -0.4 is 10.2 Å². The predicted molar refractivity (Wildman–Crippen MR) is 106 cm³/mol. The van der Waals surface area contributed by atoms with Gasteiger partial charge >= 0.3 is 0 Å². The van der Waals surface area contributed by atoms with E-state index in [0.717, 1.165) is 42.7 Å². The molecule has 4 rings (SSSR count). The molecule has 0 aliphatic carbocycles. The van der Waals surface area contributed by atoms with Crippen molar-refractivity contribution < 1.29 is 9.90 Å². The first-order valence-corrected chi connectivity index (χ1v) is 9.30. The van der Waals surface area contributed by atoms with Gasteiger partial charge in [-0.1, -0.05) is 12.1 Å². The fourth-order valence-electron chi connectivity index (χ4n) is 3.47. The van der Waals surface area contributed by atoms with Gasteiger partial charge in [-0.2, -0.15) is 0 Å². The van der Waals surface area contributed by atoms with E-state index in [0.29, 0.717) is 23.5 Å². The first-order valence-electron chi connectivity index (χ1n) is 9.30. The summed E-state index contributed by atoms with van der Waals surface area (Å²) in [4.78, 5) is 23.9. The molecule has 0 saturated carbocycles. The summed E-state index contributed by atoms with van der Waals surface area (Å²) < 4.78 is 0. The molecule has 2 aromatic carbocycles. The zero-order valence-corrected chi connectivity index (χ0v) is 15.3. The average molecular weight is 362 g/mol. The third-order valence-electron chi connectivity index (χ3n) is 4.83. The number of para-hydroxylation sites is 1. The van der Waals surface area contributed by atoms with Crippen LogP contribution in [0.4, 0.5) is 5.82 Å². The summed E-state index contributed by atoms with van der Waals surface area (Å²) in [5.74, 6) is 1.37. The van der Waals surface area contributed by atoms with Crippen molar-refractivity contribution >= 4 is 22.6 Å². The number of anilines is 1. The summed E-state index contributed by atoms with van der Waals surface area (Å²) in [5.41, 5.74) is 1.97. The third-order valence-corrected chi connectivity index (χ3v) is 4.83. The van der Waals surface area contributed by atoms with Crippen molar-refractivity contribution in [3.63, 3.8) is 0 Å². The van der Waals surface area contributed by atoms with Gasteiger partial charge in [-0.25, -0.2) is 9.97 Å². The fourth-order valence-corrected chi connectivity index (χ4v) is 3.47. The summed E-state index contributed by atoms with van der Waals surface area (Å²) >= 11 is 0. The van der Waals surface area contributed by atoms with E-state index in [4.69, 9.17) is 4.98 Å². The molecule has 1 fully saturated rings. The van der Waals surface area contributed by atoms with Gasteiger partial charge in [0.2, 0.25) is 0 Å². The summed E-state index contributed by atoms with van der Waals surface area (Å²) in [6, 6.07) is 12.6. The van der Waals surface area contributed by atoms with Crippen molar-refractivity contribution in [2.45, 2.75) is 19.8 Å². The maximum Gasteiger partial charge on any atom is 0.251 e. The van der Waals surface area contributed by atoms with Gasteiger partial charge in [0.25, 0.3) is 5.91 Å². The zero-order valence-electron chi connectivity index (χ0n) is 15.3. The molecule has 1 aromatic heterocycles. The number of rotatable bonds is 4. The molecule has 0 radical (unpaired) electrons. The van der Waals surface area contributed by atoms with E-state index < -0.39 is 0 Å². The Kier molecular flexibility index (Phi) is 4.62. The van der Waals surface area contributed by atoms with E-state index in [-0.39, 0.29) is 11.7 Å². The molecule has 0 unspecified atom stereocenters. The number of aromatic hydroxyl groups is 1. The Morgan fingerprint density at radius 3 is 2.67 bits per heavy atom. The molecule has 0 spiro atoms. The molecule has 2 N–H and O–H groups in total. The highest BCUT2D eigenvalue weighted by Gasteiger charge is 2.20. The lowest BCUT2D eigenvalue weighted by atomic mass is 10.1. The van der Waals surface area contributed by atoms with Crippen LogP contribution in [0.5, 0.6) is 5.75 Å². The number of hydrogen-bond donors (Lipinski definition) is 2. The van der Waals surface area contributed by atoms with Crippen LogP contribution in [0.2, 0.25) is 0 Å². The molecule has 138 valence electrons. The number of aromatic nitrogens is 2. The second-order valence-electron chi connectivity index (χ2n) is 6.67. The van der Waals surface area contributed by atoms with E-state index in [2.05, 4.69) is 15.2 Å². The van der Waals surface area contributed by atoms with Crippen molar-refractivity contribution in [1.82, 2.24) is 15.3 Å². The molecule has 1 saturated heterocycles. The average Bonchev–Trinajstić information content (AvgIpc) is 3.22. The molecular formula is C21H22N4O2. The van der Waals surface area contributed by atoms with Crippen molar-refractivity contribution in [2.24, 2.45) is 0 Å². The molecule has 3 aromatic rings. The van der Waals surface area contributed by atoms with E-state index >= 15 is 0 Å². The van der Waals surface area contributed by atoms with Crippen molar-refractivity contribution in [3.05, 3.63) is 48.0 Å². The molecule has 27 heavy (non-hydrogen) atoms. The highest BCUT2D eigenvalue weighted by molar-refractivity contribution is 6.01. The van der Waals surface area contributed by atoms with Crippen LogP contribution in [0.15, 0.2) is 42.5 Å². The molecule has 1 aliphatic rings. The van der Waals surface area contributed by atoms with Gasteiger partial charge in [-0.15, -0.1) is 0 Å². The van der Waals surface area contributed by atoms with Gasteiger partial charge in [-0.3, -0.25) is 4.79 Å². The quantitative estimate of drug-likeness (QED) is 0.744.